The highest BCUT2D eigenvalue weighted by molar-refractivity contribution is 7.44. The number of hydrogen-bond acceptors (Lipinski definition) is 11. The molecule has 1 aliphatic rings. The van der Waals surface area contributed by atoms with Crippen molar-refractivity contribution in [3.8, 4) is 17.6 Å². The van der Waals surface area contributed by atoms with Gasteiger partial charge in [-0.15, -0.1) is 0 Å². The van der Waals surface area contributed by atoms with Crippen LogP contribution in [-0.4, -0.2) is 76.8 Å². The first-order valence-electron chi connectivity index (χ1n) is 20.7. The lowest BCUT2D eigenvalue weighted by atomic mass is 9.80. The number of carbonyl (C=O) groups excluding carboxylic acids is 1. The van der Waals surface area contributed by atoms with Crippen molar-refractivity contribution in [1.29, 1.82) is 5.26 Å². The van der Waals surface area contributed by atoms with Crippen molar-refractivity contribution in [1.82, 2.24) is 19.2 Å². The molecule has 1 amide bonds. The molecule has 1 saturated heterocycles. The van der Waals surface area contributed by atoms with Crippen LogP contribution >= 0.6 is 8.53 Å². The number of aromatic nitrogens is 3. The van der Waals surface area contributed by atoms with Crippen LogP contribution < -0.4 is 14.8 Å². The molecule has 2 aromatic heterocycles. The number of rotatable bonds is 19. The van der Waals surface area contributed by atoms with E-state index in [2.05, 4.69) is 65.9 Å². The number of amides is 1. The molecule has 3 heterocycles. The fourth-order valence-electron chi connectivity index (χ4n) is 7.90. The van der Waals surface area contributed by atoms with E-state index >= 15 is 0 Å². The average molecular weight is 857 g/mol. The maximum Gasteiger partial charge on any atom is 0.259 e. The minimum absolute atomic E-state index is 0.0847. The fourth-order valence-corrected chi connectivity index (χ4v) is 9.65. The minimum atomic E-state index is -1.65. The van der Waals surface area contributed by atoms with Gasteiger partial charge in [0.1, 0.15) is 47.2 Å². The number of nitrogens with zero attached hydrogens (tertiary/aromatic N) is 5. The second kappa shape index (κ2) is 20.4. The molecule has 0 bridgehead atoms. The van der Waals surface area contributed by atoms with E-state index in [9.17, 15) is 10.1 Å². The third-order valence-corrected chi connectivity index (χ3v) is 12.9. The number of nitrogens with one attached hydrogen (secondary N) is 1. The maximum absolute atomic E-state index is 13.2. The molecule has 1 fully saturated rings. The molecule has 62 heavy (non-hydrogen) atoms. The van der Waals surface area contributed by atoms with Gasteiger partial charge in [0.15, 0.2) is 0 Å². The van der Waals surface area contributed by atoms with Crippen LogP contribution in [-0.2, 0) is 24.1 Å². The van der Waals surface area contributed by atoms with Crippen molar-refractivity contribution in [2.24, 2.45) is 0 Å². The summed E-state index contributed by atoms with van der Waals surface area (Å²) < 4.78 is 43.2. The van der Waals surface area contributed by atoms with Gasteiger partial charge >= 0.3 is 0 Å². The van der Waals surface area contributed by atoms with E-state index in [4.69, 9.17) is 28.0 Å². The molecular weight excluding hydrogens is 804 g/mol. The quantitative estimate of drug-likeness (QED) is 0.0473. The number of nitriles is 1. The Hall–Kier alpha value is -5.71. The van der Waals surface area contributed by atoms with Crippen LogP contribution in [0.15, 0.2) is 128 Å². The molecule has 6 aromatic rings. The SMILES string of the molecule is COc1ccc(C(OC[C@H]2O[C@@H](n3ccc4c(NC(=O)c5ccccc5)ncnc43)CC2OP(OCCC#N)N(C(C)C)C(C)C)(c2ccccc2)c2ccc(OC)cc2)cc1. The highest BCUT2D eigenvalue weighted by atomic mass is 31.2. The van der Waals surface area contributed by atoms with Gasteiger partial charge < -0.3 is 37.9 Å². The third-order valence-electron chi connectivity index (χ3n) is 10.8. The molecule has 7 rings (SSSR count). The monoisotopic (exact) mass is 856 g/mol. The van der Waals surface area contributed by atoms with Crippen molar-refractivity contribution in [2.45, 2.75) is 76.7 Å². The van der Waals surface area contributed by atoms with Crippen LogP contribution in [0, 0.1) is 11.3 Å². The van der Waals surface area contributed by atoms with Crippen LogP contribution in [0.1, 0.15) is 73.8 Å². The molecule has 4 aromatic carbocycles. The van der Waals surface area contributed by atoms with Crippen molar-refractivity contribution < 1.29 is 32.8 Å². The third kappa shape index (κ3) is 9.67. The van der Waals surface area contributed by atoms with Gasteiger partial charge in [0.2, 0.25) is 0 Å². The Kier molecular flexibility index (Phi) is 14.6. The molecule has 4 atom stereocenters. The number of carbonyl (C=O) groups is 1. The number of hydrogen-bond donors (Lipinski definition) is 1. The van der Waals surface area contributed by atoms with Gasteiger partial charge in [0.05, 0.1) is 51.4 Å². The summed E-state index contributed by atoms with van der Waals surface area (Å²) >= 11 is 0. The lowest BCUT2D eigenvalue weighted by Gasteiger charge is -2.39. The normalized spacial score (nSPS) is 17.1. The Morgan fingerprint density at radius 2 is 1.47 bits per heavy atom. The smallest absolute Gasteiger partial charge is 0.259 e. The Balaban J connectivity index is 1.28. The summed E-state index contributed by atoms with van der Waals surface area (Å²) in [6.45, 7) is 8.76. The zero-order valence-corrected chi connectivity index (χ0v) is 36.8. The summed E-state index contributed by atoms with van der Waals surface area (Å²) in [7, 11) is 1.65. The standard InChI is InChI=1S/C48H53N6O7P/c1-33(2)54(34(3)4)62(59-29-13-27-49)61-42-30-44(53-28-26-41-45(50-32-51-46(41)53)52-47(55)35-14-9-7-10-15-35)60-43(42)31-58-48(36-16-11-8-12-17-36,37-18-22-39(56-5)23-19-37)38-20-24-40(57-6)25-21-38/h7-12,14-26,28,32-34,42-44H,13,29-31H2,1-6H3,(H,50,51,52,55)/t42?,43-,44-,62?/m1/s1. The highest BCUT2D eigenvalue weighted by Gasteiger charge is 2.45. The van der Waals surface area contributed by atoms with Gasteiger partial charge in [-0.25, -0.2) is 14.6 Å². The summed E-state index contributed by atoms with van der Waals surface area (Å²) in [4.78, 5) is 22.3. The lowest BCUT2D eigenvalue weighted by molar-refractivity contribution is -0.0911. The van der Waals surface area contributed by atoms with E-state index in [0.29, 0.717) is 28.8 Å². The summed E-state index contributed by atoms with van der Waals surface area (Å²) in [5.74, 6) is 1.55. The second-order valence-electron chi connectivity index (χ2n) is 15.4. The van der Waals surface area contributed by atoms with Crippen LogP contribution in [0.5, 0.6) is 11.5 Å². The van der Waals surface area contributed by atoms with Crippen molar-refractivity contribution >= 4 is 31.3 Å². The molecule has 14 heteroatoms. The molecule has 13 nitrogen and oxygen atoms in total. The van der Waals surface area contributed by atoms with Crippen molar-refractivity contribution in [2.75, 3.05) is 32.8 Å². The second-order valence-corrected chi connectivity index (χ2v) is 16.8. The summed E-state index contributed by atoms with van der Waals surface area (Å²) in [6, 6.07) is 39.2. The predicted octanol–water partition coefficient (Wildman–Crippen LogP) is 9.66. The molecule has 2 unspecified atom stereocenters. The van der Waals surface area contributed by atoms with Gasteiger partial charge in [-0.3, -0.25) is 4.79 Å². The topological polar surface area (TPSA) is 142 Å². The first kappa shape index (κ1) is 44.3. The largest absolute Gasteiger partial charge is 0.497 e. The summed E-state index contributed by atoms with van der Waals surface area (Å²) in [6.07, 6.45) is 2.30. The Morgan fingerprint density at radius 3 is 2.05 bits per heavy atom. The number of methoxy groups -OCH3 is 2. The van der Waals surface area contributed by atoms with E-state index in [1.807, 2.05) is 102 Å². The molecule has 0 saturated carbocycles. The van der Waals surface area contributed by atoms with E-state index in [-0.39, 0.29) is 37.6 Å². The van der Waals surface area contributed by atoms with E-state index in [1.165, 1.54) is 6.33 Å². The van der Waals surface area contributed by atoms with Gasteiger partial charge in [-0.1, -0.05) is 72.8 Å². The van der Waals surface area contributed by atoms with E-state index in [1.54, 1.807) is 26.4 Å². The molecule has 0 aliphatic carbocycles. The fraction of sp³-hybridized carbons (Fsp3) is 0.333. The maximum atomic E-state index is 13.2. The van der Waals surface area contributed by atoms with Crippen molar-refractivity contribution in [3.63, 3.8) is 0 Å². The lowest BCUT2D eigenvalue weighted by Crippen LogP contribution is -2.39. The Bertz CT molecular complexity index is 2350. The zero-order valence-electron chi connectivity index (χ0n) is 35.9. The predicted molar refractivity (Wildman–Crippen MR) is 239 cm³/mol. The molecule has 0 spiro atoms. The Labute approximate surface area is 364 Å². The van der Waals surface area contributed by atoms with Crippen molar-refractivity contribution in [3.05, 3.63) is 150 Å². The van der Waals surface area contributed by atoms with E-state index in [0.717, 1.165) is 28.2 Å². The first-order valence-corrected chi connectivity index (χ1v) is 21.9. The highest BCUT2D eigenvalue weighted by Crippen LogP contribution is 2.51. The van der Waals surface area contributed by atoms with Gasteiger partial charge in [0, 0.05) is 30.3 Å². The average Bonchev–Trinajstić information content (AvgIpc) is 3.92. The molecule has 1 N–H and O–H groups in total. The van der Waals surface area contributed by atoms with Crippen LogP contribution in [0.3, 0.4) is 0 Å². The summed E-state index contributed by atoms with van der Waals surface area (Å²) in [5.41, 5.74) is 2.67. The minimum Gasteiger partial charge on any atom is -0.497 e. The van der Waals surface area contributed by atoms with E-state index < -0.39 is 32.6 Å². The number of ether oxygens (including phenoxy) is 4. The number of fused-ring (bicyclic) bond motifs is 1. The number of benzene rings is 4. The molecule has 322 valence electrons. The van der Waals surface area contributed by atoms with Gasteiger partial charge in [-0.2, -0.15) is 5.26 Å². The first-order chi connectivity index (χ1) is 30.2. The van der Waals surface area contributed by atoms with Gasteiger partial charge in [0.25, 0.3) is 14.4 Å². The van der Waals surface area contributed by atoms with Crippen LogP contribution in [0.4, 0.5) is 5.82 Å². The van der Waals surface area contributed by atoms with Crippen LogP contribution in [0.2, 0.25) is 0 Å². The Morgan fingerprint density at radius 1 is 0.871 bits per heavy atom. The molecular formula is C48H53N6O7P. The number of anilines is 1. The molecule has 1 aliphatic heterocycles. The molecule has 0 radical (unpaired) electrons. The summed E-state index contributed by atoms with van der Waals surface area (Å²) in [5, 5.41) is 13.1. The van der Waals surface area contributed by atoms with Crippen LogP contribution in [0.25, 0.3) is 11.0 Å². The van der Waals surface area contributed by atoms with Gasteiger partial charge in [-0.05, 0) is 86.8 Å². The zero-order chi connectivity index (χ0) is 43.6.